The number of nitrogen functional groups attached to an aromatic ring is 2. The van der Waals surface area contributed by atoms with Crippen molar-refractivity contribution in [1.29, 1.82) is 0 Å². The fourth-order valence-corrected chi connectivity index (χ4v) is 5.19. The van der Waals surface area contributed by atoms with Gasteiger partial charge in [-0.05, 0) is 57.9 Å². The lowest BCUT2D eigenvalue weighted by Gasteiger charge is -2.09. The van der Waals surface area contributed by atoms with Crippen molar-refractivity contribution in [3.63, 3.8) is 0 Å². The smallest absolute Gasteiger partial charge is 0.0320 e. The third kappa shape index (κ3) is 2.90. The minimum atomic E-state index is 0.795. The fraction of sp³-hybridized carbons (Fsp3) is 0. The van der Waals surface area contributed by atoms with Crippen LogP contribution in [0.3, 0.4) is 0 Å². The first kappa shape index (κ1) is 15.2. The molecule has 0 fully saturated rings. The Morgan fingerprint density at radius 3 is 1.46 bits per heavy atom. The van der Waals surface area contributed by atoms with Crippen LogP contribution in [0.1, 0.15) is 0 Å². The normalized spacial score (nSPS) is 11.2. The predicted octanol–water partition coefficient (Wildman–Crippen LogP) is 5.96. The molecule has 24 heavy (non-hydrogen) atoms. The second-order valence-electron chi connectivity index (χ2n) is 5.64. The summed E-state index contributed by atoms with van der Waals surface area (Å²) in [5.74, 6) is 0. The zero-order valence-electron chi connectivity index (χ0n) is 12.9. The largest absolute Gasteiger partial charge is 0.399 e. The highest BCUT2D eigenvalue weighted by molar-refractivity contribution is 8.76. The Morgan fingerprint density at radius 1 is 0.542 bits per heavy atom. The molecule has 2 nitrogen and oxygen atoms in total. The SMILES string of the molecule is Nc1ccc2c(SSc3cccc4cc(N)ccc34)cccc2c1. The molecule has 0 amide bonds. The topological polar surface area (TPSA) is 52.0 Å². The van der Waals surface area contributed by atoms with Crippen LogP contribution < -0.4 is 11.5 Å². The summed E-state index contributed by atoms with van der Waals surface area (Å²) in [4.78, 5) is 2.48. The van der Waals surface area contributed by atoms with E-state index in [0.29, 0.717) is 0 Å². The van der Waals surface area contributed by atoms with Crippen LogP contribution in [0, 0.1) is 0 Å². The standard InChI is InChI=1S/C20H16N2S2/c21-15-7-9-17-13(11-15)3-1-5-19(17)23-24-20-6-2-4-14-12-16(22)8-10-18(14)20/h1-12H,21-22H2. The van der Waals surface area contributed by atoms with Crippen LogP contribution in [-0.4, -0.2) is 0 Å². The summed E-state index contributed by atoms with van der Waals surface area (Å²) >= 11 is 0. The average Bonchev–Trinajstić information content (AvgIpc) is 2.59. The molecule has 0 bridgehead atoms. The third-order valence-corrected chi connectivity index (χ3v) is 6.43. The first-order chi connectivity index (χ1) is 11.7. The summed E-state index contributed by atoms with van der Waals surface area (Å²) in [5.41, 5.74) is 13.4. The van der Waals surface area contributed by atoms with Gasteiger partial charge in [0, 0.05) is 21.2 Å². The van der Waals surface area contributed by atoms with Gasteiger partial charge in [-0.1, -0.05) is 58.0 Å². The number of fused-ring (bicyclic) bond motifs is 2. The molecule has 4 rings (SSSR count). The van der Waals surface area contributed by atoms with Crippen molar-refractivity contribution in [2.45, 2.75) is 9.79 Å². The van der Waals surface area contributed by atoms with E-state index < -0.39 is 0 Å². The molecule has 0 spiro atoms. The molecule has 4 aromatic rings. The zero-order chi connectivity index (χ0) is 16.5. The second kappa shape index (κ2) is 6.30. The summed E-state index contributed by atoms with van der Waals surface area (Å²) in [6, 6.07) is 24.8. The number of rotatable bonds is 3. The molecule has 0 saturated carbocycles. The predicted molar refractivity (Wildman–Crippen MR) is 108 cm³/mol. The lowest BCUT2D eigenvalue weighted by Crippen LogP contribution is -1.85. The summed E-state index contributed by atoms with van der Waals surface area (Å²) in [7, 11) is 3.55. The van der Waals surface area contributed by atoms with E-state index in [9.17, 15) is 0 Å². The van der Waals surface area contributed by atoms with Gasteiger partial charge in [0.2, 0.25) is 0 Å². The first-order valence-electron chi connectivity index (χ1n) is 7.62. The van der Waals surface area contributed by atoms with Gasteiger partial charge in [0.05, 0.1) is 0 Å². The minimum absolute atomic E-state index is 0.795. The quantitative estimate of drug-likeness (QED) is 0.354. The van der Waals surface area contributed by atoms with Crippen LogP contribution in [0.25, 0.3) is 21.5 Å². The molecule has 0 aromatic heterocycles. The molecular formula is C20H16N2S2. The van der Waals surface area contributed by atoms with Gasteiger partial charge in [0.25, 0.3) is 0 Å². The van der Waals surface area contributed by atoms with Crippen molar-refractivity contribution < 1.29 is 0 Å². The molecule has 0 unspecified atom stereocenters. The maximum absolute atomic E-state index is 5.89. The fourth-order valence-electron chi connectivity index (χ4n) is 2.78. The van der Waals surface area contributed by atoms with Crippen molar-refractivity contribution in [3.8, 4) is 0 Å². The molecule has 4 heteroatoms. The molecule has 118 valence electrons. The third-order valence-electron chi connectivity index (χ3n) is 3.95. The van der Waals surface area contributed by atoms with E-state index >= 15 is 0 Å². The van der Waals surface area contributed by atoms with Crippen LogP contribution in [0.5, 0.6) is 0 Å². The van der Waals surface area contributed by atoms with Crippen LogP contribution in [0.2, 0.25) is 0 Å². The van der Waals surface area contributed by atoms with E-state index in [-0.39, 0.29) is 0 Å². The number of hydrogen-bond donors (Lipinski definition) is 2. The molecule has 4 aromatic carbocycles. The van der Waals surface area contributed by atoms with E-state index in [4.69, 9.17) is 11.5 Å². The summed E-state index contributed by atoms with van der Waals surface area (Å²) in [5, 5.41) is 4.81. The molecular weight excluding hydrogens is 332 g/mol. The second-order valence-corrected chi connectivity index (χ2v) is 7.85. The van der Waals surface area contributed by atoms with Gasteiger partial charge in [0.1, 0.15) is 0 Å². The highest BCUT2D eigenvalue weighted by atomic mass is 33.1. The molecule has 0 heterocycles. The van der Waals surface area contributed by atoms with Crippen molar-refractivity contribution in [3.05, 3.63) is 72.8 Å². The Morgan fingerprint density at radius 2 is 1.00 bits per heavy atom. The Bertz CT molecular complexity index is 959. The van der Waals surface area contributed by atoms with Gasteiger partial charge in [-0.2, -0.15) is 0 Å². The summed E-state index contributed by atoms with van der Waals surface area (Å²) < 4.78 is 0. The monoisotopic (exact) mass is 348 g/mol. The molecule has 0 aliphatic carbocycles. The van der Waals surface area contributed by atoms with Crippen LogP contribution in [-0.2, 0) is 0 Å². The van der Waals surface area contributed by atoms with E-state index in [2.05, 4.69) is 48.5 Å². The van der Waals surface area contributed by atoms with Crippen molar-refractivity contribution in [2.24, 2.45) is 0 Å². The Kier molecular flexibility index (Phi) is 4.00. The van der Waals surface area contributed by atoms with E-state index in [0.717, 1.165) is 11.4 Å². The summed E-state index contributed by atoms with van der Waals surface area (Å²) in [6.45, 7) is 0. The molecule has 0 aliphatic heterocycles. The molecule has 0 atom stereocenters. The van der Waals surface area contributed by atoms with Crippen molar-refractivity contribution in [1.82, 2.24) is 0 Å². The molecule has 0 radical (unpaired) electrons. The highest BCUT2D eigenvalue weighted by Gasteiger charge is 2.06. The van der Waals surface area contributed by atoms with Crippen molar-refractivity contribution >= 4 is 54.5 Å². The van der Waals surface area contributed by atoms with Gasteiger partial charge in [-0.25, -0.2) is 0 Å². The van der Waals surface area contributed by atoms with Gasteiger partial charge in [-0.15, -0.1) is 0 Å². The Balaban J connectivity index is 1.68. The number of nitrogens with two attached hydrogens (primary N) is 2. The van der Waals surface area contributed by atoms with Gasteiger partial charge < -0.3 is 11.5 Å². The number of hydrogen-bond acceptors (Lipinski definition) is 4. The van der Waals surface area contributed by atoms with Crippen LogP contribution >= 0.6 is 21.6 Å². The van der Waals surface area contributed by atoms with Crippen LogP contribution in [0.15, 0.2) is 82.6 Å². The zero-order valence-corrected chi connectivity index (χ0v) is 14.5. The maximum Gasteiger partial charge on any atom is 0.0320 e. The van der Waals surface area contributed by atoms with E-state index in [1.807, 2.05) is 24.3 Å². The molecule has 0 saturated heterocycles. The van der Waals surface area contributed by atoms with E-state index in [1.54, 1.807) is 21.6 Å². The molecule has 4 N–H and O–H groups in total. The van der Waals surface area contributed by atoms with Gasteiger partial charge >= 0.3 is 0 Å². The lowest BCUT2D eigenvalue weighted by atomic mass is 10.1. The molecule has 0 aliphatic rings. The summed E-state index contributed by atoms with van der Waals surface area (Å²) in [6.07, 6.45) is 0. The number of benzene rings is 4. The highest BCUT2D eigenvalue weighted by Crippen LogP contribution is 2.43. The van der Waals surface area contributed by atoms with Crippen molar-refractivity contribution in [2.75, 3.05) is 11.5 Å². The maximum atomic E-state index is 5.89. The number of anilines is 2. The minimum Gasteiger partial charge on any atom is -0.399 e. The first-order valence-corrected chi connectivity index (χ1v) is 9.77. The average molecular weight is 348 g/mol. The van der Waals surface area contributed by atoms with Crippen LogP contribution in [0.4, 0.5) is 11.4 Å². The van der Waals surface area contributed by atoms with Gasteiger partial charge in [0.15, 0.2) is 0 Å². The Hall–Kier alpha value is -2.30. The van der Waals surface area contributed by atoms with E-state index in [1.165, 1.54) is 31.3 Å². The van der Waals surface area contributed by atoms with Gasteiger partial charge in [-0.3, -0.25) is 0 Å². The lowest BCUT2D eigenvalue weighted by molar-refractivity contribution is 1.55. The Labute approximate surface area is 148 Å².